The highest BCUT2D eigenvalue weighted by atomic mass is 32.1. The van der Waals surface area contributed by atoms with E-state index < -0.39 is 0 Å². The van der Waals surface area contributed by atoms with E-state index in [-0.39, 0.29) is 5.91 Å². The Hall–Kier alpha value is -1.17. The van der Waals surface area contributed by atoms with Gasteiger partial charge in [-0.15, -0.1) is 5.10 Å². The largest absolute Gasteiger partial charge is 0.377 e. The summed E-state index contributed by atoms with van der Waals surface area (Å²) in [7, 11) is 1.86. The van der Waals surface area contributed by atoms with Gasteiger partial charge in [0.2, 0.25) is 5.91 Å². The van der Waals surface area contributed by atoms with Crippen molar-refractivity contribution in [2.24, 2.45) is 11.8 Å². The summed E-state index contributed by atoms with van der Waals surface area (Å²) in [6.45, 7) is 5.90. The molecule has 0 saturated carbocycles. The fourth-order valence-electron chi connectivity index (χ4n) is 2.57. The number of likely N-dealkylation sites (tertiary alicyclic amines) is 1. The average Bonchev–Trinajstić information content (AvgIpc) is 2.75. The van der Waals surface area contributed by atoms with Gasteiger partial charge in [0.25, 0.3) is 0 Å². The molecule has 1 amide bonds. The lowest BCUT2D eigenvalue weighted by molar-refractivity contribution is -0.131. The first-order valence-corrected chi connectivity index (χ1v) is 7.66. The van der Waals surface area contributed by atoms with E-state index in [9.17, 15) is 4.79 Å². The van der Waals surface area contributed by atoms with E-state index in [1.54, 1.807) is 0 Å². The first-order chi connectivity index (χ1) is 9.11. The molecule has 6 heteroatoms. The molecule has 2 heterocycles. The third-order valence-electron chi connectivity index (χ3n) is 3.92. The molecule has 1 aromatic heterocycles. The standard InChI is InChI=1S/C13H22N4OS/c1-9(2)10-4-5-12(18)17(7-6-10)8-11-13(14-3)19-16-15-11/h9-10,14H,4-8H2,1-3H3. The number of hydrogen-bond donors (Lipinski definition) is 1. The van der Waals surface area contributed by atoms with Gasteiger partial charge in [-0.05, 0) is 24.7 Å². The quantitative estimate of drug-likeness (QED) is 0.921. The normalized spacial score (nSPS) is 20.7. The molecular weight excluding hydrogens is 260 g/mol. The second-order valence-electron chi connectivity index (χ2n) is 5.45. The average molecular weight is 282 g/mol. The Morgan fingerprint density at radius 3 is 2.95 bits per heavy atom. The molecule has 1 N–H and O–H groups in total. The summed E-state index contributed by atoms with van der Waals surface area (Å²) in [5.41, 5.74) is 0.879. The van der Waals surface area contributed by atoms with Gasteiger partial charge in [-0.2, -0.15) is 0 Å². The van der Waals surface area contributed by atoms with Crippen molar-refractivity contribution in [3.8, 4) is 0 Å². The predicted molar refractivity (Wildman–Crippen MR) is 77.1 cm³/mol. The van der Waals surface area contributed by atoms with Crippen LogP contribution >= 0.6 is 11.5 Å². The Morgan fingerprint density at radius 1 is 1.47 bits per heavy atom. The zero-order valence-electron chi connectivity index (χ0n) is 11.8. The highest BCUT2D eigenvalue weighted by Crippen LogP contribution is 2.27. The van der Waals surface area contributed by atoms with Crippen molar-refractivity contribution < 1.29 is 4.79 Å². The van der Waals surface area contributed by atoms with Crippen LogP contribution < -0.4 is 5.32 Å². The lowest BCUT2D eigenvalue weighted by atomic mass is 9.89. The molecule has 106 valence electrons. The molecule has 1 aliphatic rings. The van der Waals surface area contributed by atoms with E-state index in [0.29, 0.717) is 24.8 Å². The smallest absolute Gasteiger partial charge is 0.222 e. The molecule has 0 aliphatic carbocycles. The highest BCUT2D eigenvalue weighted by molar-refractivity contribution is 7.10. The molecule has 0 spiro atoms. The number of hydrogen-bond acceptors (Lipinski definition) is 5. The van der Waals surface area contributed by atoms with Gasteiger partial charge in [-0.3, -0.25) is 4.79 Å². The van der Waals surface area contributed by atoms with Crippen LogP contribution in [0, 0.1) is 11.8 Å². The van der Waals surface area contributed by atoms with Crippen LogP contribution in [0.15, 0.2) is 0 Å². The molecule has 5 nitrogen and oxygen atoms in total. The van der Waals surface area contributed by atoms with Gasteiger partial charge in [0.05, 0.1) is 6.54 Å². The van der Waals surface area contributed by atoms with Gasteiger partial charge in [-0.25, -0.2) is 0 Å². The number of amides is 1. The maximum absolute atomic E-state index is 12.2. The zero-order valence-corrected chi connectivity index (χ0v) is 12.7. The van der Waals surface area contributed by atoms with Crippen LogP contribution in [0.1, 0.15) is 38.8 Å². The van der Waals surface area contributed by atoms with E-state index in [1.165, 1.54) is 11.5 Å². The highest BCUT2D eigenvalue weighted by Gasteiger charge is 2.25. The zero-order chi connectivity index (χ0) is 13.8. The van der Waals surface area contributed by atoms with Crippen molar-refractivity contribution in [1.82, 2.24) is 14.5 Å². The molecule has 1 unspecified atom stereocenters. The molecule has 1 aliphatic heterocycles. The summed E-state index contributed by atoms with van der Waals surface area (Å²) in [6.07, 6.45) is 2.77. The topological polar surface area (TPSA) is 58.1 Å². The van der Waals surface area contributed by atoms with Crippen LogP contribution in [0.25, 0.3) is 0 Å². The summed E-state index contributed by atoms with van der Waals surface area (Å²) in [5, 5.41) is 8.15. The number of aromatic nitrogens is 2. The summed E-state index contributed by atoms with van der Waals surface area (Å²) >= 11 is 1.34. The van der Waals surface area contributed by atoms with E-state index in [1.807, 2.05) is 11.9 Å². The molecule has 1 aromatic rings. The van der Waals surface area contributed by atoms with Gasteiger partial charge in [-0.1, -0.05) is 18.3 Å². The first kappa shape index (κ1) is 14.2. The Kier molecular flexibility index (Phi) is 4.74. The maximum Gasteiger partial charge on any atom is 0.222 e. The number of rotatable bonds is 4. The molecule has 0 bridgehead atoms. The van der Waals surface area contributed by atoms with Crippen LogP contribution in [0.4, 0.5) is 5.00 Å². The molecular formula is C13H22N4OS. The van der Waals surface area contributed by atoms with Crippen LogP contribution in [-0.4, -0.2) is 34.0 Å². The Balaban J connectivity index is 2.02. The van der Waals surface area contributed by atoms with Crippen molar-refractivity contribution >= 4 is 22.4 Å². The van der Waals surface area contributed by atoms with Crippen LogP contribution in [0.3, 0.4) is 0 Å². The fraction of sp³-hybridized carbons (Fsp3) is 0.769. The maximum atomic E-state index is 12.2. The van der Waals surface area contributed by atoms with Gasteiger partial charge < -0.3 is 10.2 Å². The molecule has 19 heavy (non-hydrogen) atoms. The van der Waals surface area contributed by atoms with Gasteiger partial charge in [0.15, 0.2) is 0 Å². The van der Waals surface area contributed by atoms with Crippen molar-refractivity contribution in [2.45, 2.75) is 39.7 Å². The third-order valence-corrected chi connectivity index (χ3v) is 4.70. The summed E-state index contributed by atoms with van der Waals surface area (Å²) in [6, 6.07) is 0. The van der Waals surface area contributed by atoms with E-state index in [0.717, 1.165) is 30.1 Å². The summed E-state index contributed by atoms with van der Waals surface area (Å²) in [4.78, 5) is 14.1. The third kappa shape index (κ3) is 3.43. The summed E-state index contributed by atoms with van der Waals surface area (Å²) < 4.78 is 3.94. The van der Waals surface area contributed by atoms with Crippen LogP contribution in [0.2, 0.25) is 0 Å². The van der Waals surface area contributed by atoms with Crippen molar-refractivity contribution in [1.29, 1.82) is 0 Å². The number of nitrogens with one attached hydrogen (secondary N) is 1. The molecule has 0 radical (unpaired) electrons. The first-order valence-electron chi connectivity index (χ1n) is 6.88. The van der Waals surface area contributed by atoms with Crippen molar-refractivity contribution in [3.05, 3.63) is 5.69 Å². The monoisotopic (exact) mass is 282 g/mol. The van der Waals surface area contributed by atoms with E-state index in [2.05, 4.69) is 28.8 Å². The van der Waals surface area contributed by atoms with E-state index >= 15 is 0 Å². The number of nitrogens with zero attached hydrogens (tertiary/aromatic N) is 3. The SMILES string of the molecule is CNc1snnc1CN1CCC(C(C)C)CCC1=O. The van der Waals surface area contributed by atoms with Crippen molar-refractivity contribution in [3.63, 3.8) is 0 Å². The number of carbonyl (C=O) groups is 1. The minimum Gasteiger partial charge on any atom is -0.377 e. The second kappa shape index (κ2) is 6.32. The lowest BCUT2D eigenvalue weighted by Gasteiger charge is -2.21. The van der Waals surface area contributed by atoms with Crippen molar-refractivity contribution in [2.75, 3.05) is 18.9 Å². The lowest BCUT2D eigenvalue weighted by Crippen LogP contribution is -2.30. The van der Waals surface area contributed by atoms with E-state index in [4.69, 9.17) is 0 Å². The number of carbonyl (C=O) groups excluding carboxylic acids is 1. The van der Waals surface area contributed by atoms with Gasteiger partial charge in [0.1, 0.15) is 10.7 Å². The van der Waals surface area contributed by atoms with Gasteiger partial charge >= 0.3 is 0 Å². The Morgan fingerprint density at radius 2 is 2.26 bits per heavy atom. The van der Waals surface area contributed by atoms with Gasteiger partial charge in [0, 0.05) is 31.5 Å². The fourth-order valence-corrected chi connectivity index (χ4v) is 3.10. The minimum absolute atomic E-state index is 0.248. The predicted octanol–water partition coefficient (Wildman–Crippen LogP) is 2.36. The molecule has 1 saturated heterocycles. The Bertz CT molecular complexity index is 432. The minimum atomic E-state index is 0.248. The van der Waals surface area contributed by atoms with Crippen LogP contribution in [0.5, 0.6) is 0 Å². The second-order valence-corrected chi connectivity index (χ2v) is 6.20. The summed E-state index contributed by atoms with van der Waals surface area (Å²) in [5.74, 6) is 1.56. The molecule has 0 aromatic carbocycles. The molecule has 1 fully saturated rings. The molecule has 1 atom stereocenters. The van der Waals surface area contributed by atoms with Crippen LogP contribution in [-0.2, 0) is 11.3 Å². The number of anilines is 1. The molecule has 2 rings (SSSR count). The Labute approximate surface area is 118 Å².